The van der Waals surface area contributed by atoms with Crippen molar-refractivity contribution in [3.05, 3.63) is 80.1 Å². The molecule has 1 aromatic heterocycles. The van der Waals surface area contributed by atoms with E-state index in [0.29, 0.717) is 22.4 Å². The molecule has 0 bridgehead atoms. The predicted octanol–water partition coefficient (Wildman–Crippen LogP) is 4.10. The maximum absolute atomic E-state index is 15.3. The molecule has 44 heavy (non-hydrogen) atoms. The lowest BCUT2D eigenvalue weighted by Crippen LogP contribution is -2.53. The lowest BCUT2D eigenvalue weighted by atomic mass is 9.98. The summed E-state index contributed by atoms with van der Waals surface area (Å²) in [6.45, 7) is 6.15. The van der Waals surface area contributed by atoms with Crippen LogP contribution in [0.3, 0.4) is 0 Å². The van der Waals surface area contributed by atoms with E-state index < -0.39 is 48.1 Å². The third-order valence-corrected chi connectivity index (χ3v) is 7.93. The first-order valence-electron chi connectivity index (χ1n) is 13.9. The van der Waals surface area contributed by atoms with E-state index >= 15 is 4.39 Å². The number of halogens is 4. The van der Waals surface area contributed by atoms with Crippen molar-refractivity contribution in [3.8, 4) is 11.3 Å². The molecule has 0 aliphatic carbocycles. The molecule has 0 spiro atoms. The minimum atomic E-state index is -4.60. The van der Waals surface area contributed by atoms with Gasteiger partial charge >= 0.3 is 12.1 Å². The molecule has 1 N–H and O–H groups in total. The van der Waals surface area contributed by atoms with E-state index in [1.165, 1.54) is 17.6 Å². The highest BCUT2D eigenvalue weighted by Crippen LogP contribution is 2.33. The summed E-state index contributed by atoms with van der Waals surface area (Å²) in [6, 6.07) is 4.19. The van der Waals surface area contributed by atoms with E-state index in [9.17, 15) is 27.6 Å². The third-order valence-electron chi connectivity index (χ3n) is 7.93. The van der Waals surface area contributed by atoms with Crippen LogP contribution in [0.25, 0.3) is 11.3 Å². The fraction of sp³-hybridized carbons (Fsp3) is 0.419. The summed E-state index contributed by atoms with van der Waals surface area (Å²) in [5.41, 5.74) is 3.09. The molecule has 0 radical (unpaired) electrons. The van der Waals surface area contributed by atoms with Gasteiger partial charge in [-0.3, -0.25) is 9.59 Å². The van der Waals surface area contributed by atoms with Gasteiger partial charge in [0.25, 0.3) is 11.5 Å². The molecule has 0 saturated carbocycles. The van der Waals surface area contributed by atoms with Crippen LogP contribution in [0.5, 0.6) is 0 Å². The van der Waals surface area contributed by atoms with Crippen molar-refractivity contribution >= 4 is 17.6 Å². The number of carbonyl (C=O) groups is 2. The van der Waals surface area contributed by atoms with Crippen LogP contribution in [-0.4, -0.2) is 66.6 Å². The number of morpholine rings is 1. The minimum Gasteiger partial charge on any atom is -0.467 e. The quantitative estimate of drug-likeness (QED) is 0.314. The van der Waals surface area contributed by atoms with Crippen LogP contribution in [-0.2, 0) is 27.7 Å². The number of alkyl halides is 3. The van der Waals surface area contributed by atoms with Crippen LogP contribution in [0.15, 0.2) is 35.1 Å². The Hall–Kier alpha value is -4.26. The zero-order valence-electron chi connectivity index (χ0n) is 25.3. The summed E-state index contributed by atoms with van der Waals surface area (Å²) >= 11 is 0. The van der Waals surface area contributed by atoms with E-state index in [4.69, 9.17) is 9.47 Å². The summed E-state index contributed by atoms with van der Waals surface area (Å²) in [6.07, 6.45) is -4.62. The number of methoxy groups -OCH3 is 1. The SMILES string of the molecule is COC(=O)[C@H](Cc1ccc(-c2nc(C)c(C)n(C)c2=O)c(C)c1)NC(=O)c1c(C)cc(N2CCOC[C@@H]2C(F)(F)F)cc1F. The van der Waals surface area contributed by atoms with E-state index in [1.807, 2.05) is 6.92 Å². The monoisotopic (exact) mass is 618 g/mol. The number of benzene rings is 2. The normalized spacial score (nSPS) is 16.0. The Morgan fingerprint density at radius 3 is 2.45 bits per heavy atom. The summed E-state index contributed by atoms with van der Waals surface area (Å²) in [5, 5.41) is 2.51. The summed E-state index contributed by atoms with van der Waals surface area (Å²) in [7, 11) is 2.82. The molecule has 1 aliphatic heterocycles. The van der Waals surface area contributed by atoms with Gasteiger partial charge in [-0.25, -0.2) is 14.2 Å². The molecule has 1 amide bonds. The average molecular weight is 619 g/mol. The Kier molecular flexibility index (Phi) is 9.47. The number of esters is 1. The summed E-state index contributed by atoms with van der Waals surface area (Å²) in [5.74, 6) is -2.73. The number of nitrogens with zero attached hydrogens (tertiary/aromatic N) is 3. The van der Waals surface area contributed by atoms with E-state index in [0.717, 1.165) is 23.8 Å². The Labute approximate surface area is 251 Å². The summed E-state index contributed by atoms with van der Waals surface area (Å²) in [4.78, 5) is 44.2. The first-order chi connectivity index (χ1) is 20.6. The minimum absolute atomic E-state index is 0.0162. The standard InChI is InChI=1S/C31H34F4N4O5/c1-16-11-20(7-8-22(16)27-29(41)38(5)19(4)18(3)36-27)13-24(30(42)43-6)37-28(40)26-17(2)12-21(14-23(26)32)39-9-10-44-15-25(39)31(33,34)35/h7-8,11-12,14,24-25H,9-10,13,15H2,1-6H3,(H,37,40)/t24-,25+/m0/s1. The fourth-order valence-electron chi connectivity index (χ4n) is 5.31. The molecule has 1 aliphatic rings. The van der Waals surface area contributed by atoms with Gasteiger partial charge in [-0.05, 0) is 56.5 Å². The Morgan fingerprint density at radius 2 is 1.84 bits per heavy atom. The van der Waals surface area contributed by atoms with Gasteiger partial charge < -0.3 is 24.3 Å². The van der Waals surface area contributed by atoms with Crippen LogP contribution in [0, 0.1) is 33.5 Å². The number of aromatic nitrogens is 2. The lowest BCUT2D eigenvalue weighted by molar-refractivity contribution is -0.167. The van der Waals surface area contributed by atoms with Crippen molar-refractivity contribution in [1.82, 2.24) is 14.9 Å². The zero-order valence-corrected chi connectivity index (χ0v) is 25.3. The highest BCUT2D eigenvalue weighted by Gasteiger charge is 2.45. The molecule has 2 heterocycles. The number of nitrogens with one attached hydrogen (secondary N) is 1. The number of anilines is 1. The van der Waals surface area contributed by atoms with Crippen LogP contribution >= 0.6 is 0 Å². The van der Waals surface area contributed by atoms with Gasteiger partial charge in [-0.2, -0.15) is 13.2 Å². The molecule has 1 fully saturated rings. The van der Waals surface area contributed by atoms with Crippen LogP contribution < -0.4 is 15.8 Å². The molecule has 9 nitrogen and oxygen atoms in total. The van der Waals surface area contributed by atoms with E-state index in [2.05, 4.69) is 10.3 Å². The number of carbonyl (C=O) groups excluding carboxylic acids is 2. The maximum Gasteiger partial charge on any atom is 0.411 e. The van der Waals surface area contributed by atoms with E-state index in [1.54, 1.807) is 39.1 Å². The second-order valence-corrected chi connectivity index (χ2v) is 10.8. The number of amides is 1. The molecule has 3 aromatic rings. The van der Waals surface area contributed by atoms with Gasteiger partial charge in [0, 0.05) is 37.0 Å². The number of hydrogen-bond acceptors (Lipinski definition) is 7. The Morgan fingerprint density at radius 1 is 1.14 bits per heavy atom. The lowest BCUT2D eigenvalue weighted by Gasteiger charge is -2.38. The predicted molar refractivity (Wildman–Crippen MR) is 155 cm³/mol. The van der Waals surface area contributed by atoms with Gasteiger partial charge in [0.1, 0.15) is 23.6 Å². The first-order valence-corrected chi connectivity index (χ1v) is 13.9. The molecule has 0 unspecified atom stereocenters. The zero-order chi connectivity index (χ0) is 32.5. The topological polar surface area (TPSA) is 103 Å². The highest BCUT2D eigenvalue weighted by atomic mass is 19.4. The van der Waals surface area contributed by atoms with Gasteiger partial charge in [-0.15, -0.1) is 0 Å². The Balaban J connectivity index is 1.58. The van der Waals surface area contributed by atoms with Crippen molar-refractivity contribution < 1.29 is 36.6 Å². The Bertz CT molecular complexity index is 1630. The number of hydrogen-bond donors (Lipinski definition) is 1. The van der Waals surface area contributed by atoms with Gasteiger partial charge in [0.2, 0.25) is 0 Å². The molecule has 4 rings (SSSR count). The smallest absolute Gasteiger partial charge is 0.411 e. The maximum atomic E-state index is 15.3. The van der Waals surface area contributed by atoms with Crippen LogP contribution in [0.4, 0.5) is 23.2 Å². The van der Waals surface area contributed by atoms with E-state index in [-0.39, 0.29) is 42.1 Å². The van der Waals surface area contributed by atoms with Crippen LogP contribution in [0.1, 0.15) is 38.4 Å². The average Bonchev–Trinajstić information content (AvgIpc) is 2.96. The molecular weight excluding hydrogens is 584 g/mol. The second-order valence-electron chi connectivity index (χ2n) is 10.8. The molecule has 2 aromatic carbocycles. The fourth-order valence-corrected chi connectivity index (χ4v) is 5.31. The number of aryl methyl sites for hydroxylation is 3. The highest BCUT2D eigenvalue weighted by molar-refractivity contribution is 5.98. The molecule has 2 atom stereocenters. The second kappa shape index (κ2) is 12.8. The molecule has 236 valence electrons. The van der Waals surface area contributed by atoms with Gasteiger partial charge in [0.05, 0.1) is 31.6 Å². The van der Waals surface area contributed by atoms with Crippen molar-refractivity contribution in [2.45, 2.75) is 52.4 Å². The molecule has 13 heteroatoms. The third kappa shape index (κ3) is 6.62. The number of rotatable bonds is 7. The first kappa shape index (κ1) is 32.6. The van der Waals surface area contributed by atoms with Crippen molar-refractivity contribution in [2.75, 3.05) is 31.8 Å². The van der Waals surface area contributed by atoms with Gasteiger partial charge in [0.15, 0.2) is 0 Å². The van der Waals surface area contributed by atoms with Gasteiger partial charge in [-0.1, -0.05) is 18.2 Å². The van der Waals surface area contributed by atoms with Crippen molar-refractivity contribution in [2.24, 2.45) is 7.05 Å². The molecule has 1 saturated heterocycles. The van der Waals surface area contributed by atoms with Crippen molar-refractivity contribution in [1.29, 1.82) is 0 Å². The van der Waals surface area contributed by atoms with Crippen LogP contribution in [0.2, 0.25) is 0 Å². The van der Waals surface area contributed by atoms with Crippen molar-refractivity contribution in [3.63, 3.8) is 0 Å². The number of ether oxygens (including phenoxy) is 2. The largest absolute Gasteiger partial charge is 0.467 e. The molecular formula is C31H34F4N4O5. The summed E-state index contributed by atoms with van der Waals surface area (Å²) < 4.78 is 67.4.